The average molecular weight is 391 g/mol. The molecule has 0 saturated carbocycles. The van der Waals surface area contributed by atoms with Crippen molar-refractivity contribution in [2.24, 2.45) is 0 Å². The van der Waals surface area contributed by atoms with Gasteiger partial charge in [0.05, 0.1) is 5.02 Å². The van der Waals surface area contributed by atoms with Crippen LogP contribution in [0.25, 0.3) is 11.1 Å². The van der Waals surface area contributed by atoms with Gasteiger partial charge in [-0.3, -0.25) is 0 Å². The van der Waals surface area contributed by atoms with Gasteiger partial charge in [0.15, 0.2) is 0 Å². The van der Waals surface area contributed by atoms with Crippen molar-refractivity contribution in [1.29, 1.82) is 0 Å². The molecule has 106 valence electrons. The smallest absolute Gasteiger partial charge is 0.207 e. The molecule has 0 aliphatic carbocycles. The minimum Gasteiger partial charge on any atom is -0.207 e. The van der Waals surface area contributed by atoms with Crippen molar-refractivity contribution in [1.82, 2.24) is 0 Å². The van der Waals surface area contributed by atoms with Crippen LogP contribution in [0.2, 0.25) is 20.1 Å². The Labute approximate surface area is 140 Å². The normalized spacial score (nSPS) is 11.7. The lowest BCUT2D eigenvalue weighted by molar-refractivity contribution is 0.609. The maximum atomic E-state index is 11.5. The Hall–Kier alpha value is -0.160. The molecule has 0 aliphatic rings. The molecule has 2 nitrogen and oxygen atoms in total. The van der Waals surface area contributed by atoms with E-state index in [1.54, 1.807) is 18.2 Å². The summed E-state index contributed by atoms with van der Waals surface area (Å²) in [7, 11) is 1.31. The molecule has 0 N–H and O–H groups in total. The van der Waals surface area contributed by atoms with E-state index in [2.05, 4.69) is 0 Å². The van der Waals surface area contributed by atoms with Crippen LogP contribution in [0.5, 0.6) is 0 Å². The highest BCUT2D eigenvalue weighted by Gasteiger charge is 2.20. The number of halogens is 5. The Morgan fingerprint density at radius 2 is 1.40 bits per heavy atom. The van der Waals surface area contributed by atoms with E-state index in [-0.39, 0.29) is 14.9 Å². The fourth-order valence-corrected chi connectivity index (χ4v) is 3.91. The van der Waals surface area contributed by atoms with Crippen LogP contribution < -0.4 is 0 Å². The van der Waals surface area contributed by atoms with Crippen molar-refractivity contribution >= 4 is 66.1 Å². The molecule has 0 bridgehead atoms. The van der Waals surface area contributed by atoms with Gasteiger partial charge in [-0.2, -0.15) is 0 Å². The molecule has 2 aromatic rings. The van der Waals surface area contributed by atoms with Crippen molar-refractivity contribution in [3.05, 3.63) is 50.4 Å². The molecule has 0 saturated heterocycles. The highest BCUT2D eigenvalue weighted by Crippen LogP contribution is 2.40. The van der Waals surface area contributed by atoms with Gasteiger partial charge in [-0.25, -0.2) is 8.42 Å². The molecule has 0 fully saturated rings. The van der Waals surface area contributed by atoms with E-state index in [0.717, 1.165) is 0 Å². The van der Waals surface area contributed by atoms with Gasteiger partial charge >= 0.3 is 0 Å². The van der Waals surface area contributed by atoms with Gasteiger partial charge in [0.1, 0.15) is 4.90 Å². The van der Waals surface area contributed by atoms with Crippen LogP contribution >= 0.6 is 57.1 Å². The summed E-state index contributed by atoms with van der Waals surface area (Å²) in [5.41, 5.74) is 0.805. The quantitative estimate of drug-likeness (QED) is 0.599. The predicted molar refractivity (Wildman–Crippen MR) is 85.0 cm³/mol. The van der Waals surface area contributed by atoms with Gasteiger partial charge in [0, 0.05) is 36.9 Å². The second-order valence-corrected chi connectivity index (χ2v) is 8.02. The molecule has 0 unspecified atom stereocenters. The zero-order valence-electron chi connectivity index (χ0n) is 9.50. The minimum absolute atomic E-state index is 0.0615. The second kappa shape index (κ2) is 5.91. The van der Waals surface area contributed by atoms with Crippen LogP contribution in [-0.4, -0.2) is 8.42 Å². The summed E-state index contributed by atoms with van der Waals surface area (Å²) in [4.78, 5) is -0.278. The lowest BCUT2D eigenvalue weighted by Crippen LogP contribution is -1.94. The Bertz CT molecular complexity index is 787. The molecule has 0 radical (unpaired) electrons. The first-order valence-corrected chi connectivity index (χ1v) is 8.91. The Morgan fingerprint density at radius 3 is 2.00 bits per heavy atom. The standard InChI is InChI=1S/C12H5Cl5O2S/c13-6-1-2-10(15)8(3-6)9-4-7(14)5-11(12(9)16)20(17,18)19/h1-5H. The predicted octanol–water partition coefficient (Wildman–Crippen LogP) is 5.89. The first-order valence-electron chi connectivity index (χ1n) is 5.09. The molecule has 0 amide bonds. The van der Waals surface area contributed by atoms with Gasteiger partial charge < -0.3 is 0 Å². The number of hydrogen-bond donors (Lipinski definition) is 0. The summed E-state index contributed by atoms with van der Waals surface area (Å²) in [6, 6.07) is 7.41. The zero-order valence-corrected chi connectivity index (χ0v) is 14.1. The summed E-state index contributed by atoms with van der Waals surface area (Å²) in [5, 5.41) is 0.889. The highest BCUT2D eigenvalue weighted by atomic mass is 35.7. The largest absolute Gasteiger partial charge is 0.262 e. The Balaban J connectivity index is 2.82. The lowest BCUT2D eigenvalue weighted by Gasteiger charge is -2.11. The monoisotopic (exact) mass is 388 g/mol. The van der Waals surface area contributed by atoms with Gasteiger partial charge in [-0.15, -0.1) is 0 Å². The Kier molecular flexibility index (Phi) is 4.80. The molecule has 0 atom stereocenters. The van der Waals surface area contributed by atoms with E-state index >= 15 is 0 Å². The molecular formula is C12H5Cl5O2S. The SMILES string of the molecule is O=S(=O)(Cl)c1cc(Cl)cc(-c2cc(Cl)ccc2Cl)c1Cl. The molecule has 0 heterocycles. The molecular weight excluding hydrogens is 385 g/mol. The fourth-order valence-electron chi connectivity index (χ4n) is 1.64. The lowest BCUT2D eigenvalue weighted by atomic mass is 10.1. The summed E-state index contributed by atoms with van der Waals surface area (Å²) >= 11 is 24.0. The van der Waals surface area contributed by atoms with Crippen molar-refractivity contribution < 1.29 is 8.42 Å². The van der Waals surface area contributed by atoms with Crippen molar-refractivity contribution in [2.45, 2.75) is 4.90 Å². The van der Waals surface area contributed by atoms with E-state index in [0.29, 0.717) is 21.2 Å². The van der Waals surface area contributed by atoms with Gasteiger partial charge in [-0.1, -0.05) is 46.4 Å². The van der Waals surface area contributed by atoms with E-state index < -0.39 is 9.05 Å². The zero-order chi connectivity index (χ0) is 15.1. The van der Waals surface area contributed by atoms with Crippen LogP contribution in [-0.2, 0) is 9.05 Å². The molecule has 0 spiro atoms. The first-order chi connectivity index (χ1) is 9.20. The van der Waals surface area contributed by atoms with Gasteiger partial charge in [0.2, 0.25) is 0 Å². The van der Waals surface area contributed by atoms with Crippen LogP contribution in [0.15, 0.2) is 35.2 Å². The van der Waals surface area contributed by atoms with Crippen LogP contribution in [0.1, 0.15) is 0 Å². The van der Waals surface area contributed by atoms with Crippen LogP contribution in [0, 0.1) is 0 Å². The molecule has 0 aromatic heterocycles. The van der Waals surface area contributed by atoms with Crippen LogP contribution in [0.3, 0.4) is 0 Å². The number of benzene rings is 2. The van der Waals surface area contributed by atoms with E-state index in [9.17, 15) is 8.42 Å². The number of hydrogen-bond acceptors (Lipinski definition) is 2. The maximum absolute atomic E-state index is 11.5. The molecule has 8 heteroatoms. The fraction of sp³-hybridized carbons (Fsp3) is 0. The van der Waals surface area contributed by atoms with Crippen molar-refractivity contribution in [2.75, 3.05) is 0 Å². The molecule has 20 heavy (non-hydrogen) atoms. The molecule has 0 aliphatic heterocycles. The van der Waals surface area contributed by atoms with Gasteiger partial charge in [-0.05, 0) is 30.3 Å². The highest BCUT2D eigenvalue weighted by molar-refractivity contribution is 8.13. The van der Waals surface area contributed by atoms with Gasteiger partial charge in [0.25, 0.3) is 9.05 Å². The number of rotatable bonds is 2. The molecule has 2 rings (SSSR count). The van der Waals surface area contributed by atoms with E-state index in [4.69, 9.17) is 57.1 Å². The summed E-state index contributed by atoms with van der Waals surface area (Å²) in [6.07, 6.45) is 0. The average Bonchev–Trinajstić information content (AvgIpc) is 2.33. The van der Waals surface area contributed by atoms with Crippen molar-refractivity contribution in [3.63, 3.8) is 0 Å². The van der Waals surface area contributed by atoms with Crippen molar-refractivity contribution in [3.8, 4) is 11.1 Å². The Morgan fingerprint density at radius 1 is 0.800 bits per heavy atom. The third-order valence-electron chi connectivity index (χ3n) is 2.49. The third kappa shape index (κ3) is 3.35. The van der Waals surface area contributed by atoms with E-state index in [1.807, 2.05) is 0 Å². The molecule has 2 aromatic carbocycles. The second-order valence-electron chi connectivity index (χ2n) is 3.83. The third-order valence-corrected chi connectivity index (χ3v) is 5.13. The first kappa shape index (κ1) is 16.2. The minimum atomic E-state index is -4.03. The summed E-state index contributed by atoms with van der Waals surface area (Å²) in [6.45, 7) is 0. The summed E-state index contributed by atoms with van der Waals surface area (Å²) in [5.74, 6) is 0. The topological polar surface area (TPSA) is 34.1 Å². The van der Waals surface area contributed by atoms with Crippen LogP contribution in [0.4, 0.5) is 0 Å². The summed E-state index contributed by atoms with van der Waals surface area (Å²) < 4.78 is 23.0. The van der Waals surface area contributed by atoms with E-state index in [1.165, 1.54) is 12.1 Å². The maximum Gasteiger partial charge on any atom is 0.262 e.